The molecule has 0 amide bonds. The lowest BCUT2D eigenvalue weighted by molar-refractivity contribution is 0.409. The van der Waals surface area contributed by atoms with E-state index in [0.717, 1.165) is 61.3 Å². The van der Waals surface area contributed by atoms with Gasteiger partial charge in [-0.3, -0.25) is 5.32 Å². The summed E-state index contributed by atoms with van der Waals surface area (Å²) in [6.45, 7) is 3.75. The molecule has 5 heteroatoms. The molecule has 0 spiro atoms. The van der Waals surface area contributed by atoms with Crippen molar-refractivity contribution in [2.75, 3.05) is 0 Å². The summed E-state index contributed by atoms with van der Waals surface area (Å²) in [5.74, 6) is 0.855. The van der Waals surface area contributed by atoms with E-state index in [2.05, 4.69) is 162 Å². The minimum Gasteiger partial charge on any atom is -0.350 e. The summed E-state index contributed by atoms with van der Waals surface area (Å²) in [4.78, 5) is 5.34. The topological polar surface area (TPSA) is 86.3 Å². The van der Waals surface area contributed by atoms with Gasteiger partial charge in [0.15, 0.2) is 0 Å². The van der Waals surface area contributed by atoms with Gasteiger partial charge in [-0.2, -0.15) is 0 Å². The SMILES string of the molecule is CC(=N)/C=C(/C)[C@@H](N)c1ccc(-c2cc(-c3ccccc3)cc(C3NC(c4cc5ccccc5c5ccccc45)=NC(c4ccccc4)N3)c2)cc1. The van der Waals surface area contributed by atoms with Gasteiger partial charge in [0.2, 0.25) is 0 Å². The van der Waals surface area contributed by atoms with E-state index >= 15 is 0 Å². The zero-order chi connectivity index (χ0) is 35.6. The van der Waals surface area contributed by atoms with Crippen molar-refractivity contribution >= 4 is 33.1 Å². The molecule has 0 bridgehead atoms. The van der Waals surface area contributed by atoms with Crippen LogP contribution in [0.15, 0.2) is 174 Å². The molecule has 1 aliphatic heterocycles. The van der Waals surface area contributed by atoms with E-state index in [1.54, 1.807) is 6.92 Å². The highest BCUT2D eigenvalue weighted by molar-refractivity contribution is 6.18. The third-order valence-corrected chi connectivity index (χ3v) is 9.94. The lowest BCUT2D eigenvalue weighted by Crippen LogP contribution is -2.45. The lowest BCUT2D eigenvalue weighted by atomic mass is 9.92. The third kappa shape index (κ3) is 6.68. The predicted molar refractivity (Wildman–Crippen MR) is 218 cm³/mol. The van der Waals surface area contributed by atoms with Crippen LogP contribution in [-0.2, 0) is 0 Å². The minimum absolute atomic E-state index is 0.241. The highest BCUT2D eigenvalue weighted by atomic mass is 15.3. The summed E-state index contributed by atoms with van der Waals surface area (Å²) in [5.41, 5.74) is 16.9. The molecule has 5 nitrogen and oxygen atoms in total. The maximum absolute atomic E-state index is 7.86. The molecule has 2 unspecified atom stereocenters. The average Bonchev–Trinajstić information content (AvgIpc) is 3.20. The fourth-order valence-corrected chi connectivity index (χ4v) is 7.28. The van der Waals surface area contributed by atoms with E-state index in [-0.39, 0.29) is 18.4 Å². The average molecular weight is 676 g/mol. The second-order valence-electron chi connectivity index (χ2n) is 13.6. The van der Waals surface area contributed by atoms with E-state index in [4.69, 9.17) is 16.1 Å². The molecule has 0 saturated heterocycles. The van der Waals surface area contributed by atoms with E-state index in [9.17, 15) is 0 Å². The molecular formula is C47H41N5. The third-order valence-electron chi connectivity index (χ3n) is 9.94. The van der Waals surface area contributed by atoms with Crippen LogP contribution in [0, 0.1) is 5.41 Å². The molecular weight excluding hydrogens is 635 g/mol. The number of hydrogen-bond acceptors (Lipinski definition) is 5. The number of benzene rings is 7. The van der Waals surface area contributed by atoms with Crippen molar-refractivity contribution in [3.63, 3.8) is 0 Å². The first-order valence-corrected chi connectivity index (χ1v) is 17.8. The number of rotatable bonds is 8. The van der Waals surface area contributed by atoms with Gasteiger partial charge in [-0.05, 0) is 105 Å². The first kappa shape index (κ1) is 33.0. The minimum atomic E-state index is -0.269. The van der Waals surface area contributed by atoms with Crippen LogP contribution in [0.5, 0.6) is 0 Å². The van der Waals surface area contributed by atoms with Crippen LogP contribution in [-0.4, -0.2) is 11.5 Å². The number of hydrogen-bond donors (Lipinski definition) is 4. The number of amidine groups is 1. The fourth-order valence-electron chi connectivity index (χ4n) is 7.28. The van der Waals surface area contributed by atoms with Gasteiger partial charge < -0.3 is 16.5 Å². The Morgan fingerprint density at radius 2 is 1.23 bits per heavy atom. The number of allylic oxidation sites excluding steroid dienone is 1. The summed E-state index contributed by atoms with van der Waals surface area (Å²) in [5, 5.41) is 20.3. The van der Waals surface area contributed by atoms with Crippen molar-refractivity contribution < 1.29 is 0 Å². The number of fused-ring (bicyclic) bond motifs is 3. The van der Waals surface area contributed by atoms with Crippen LogP contribution in [0.3, 0.4) is 0 Å². The van der Waals surface area contributed by atoms with Crippen LogP contribution >= 0.6 is 0 Å². The maximum atomic E-state index is 7.86. The van der Waals surface area contributed by atoms with Crippen molar-refractivity contribution in [3.05, 3.63) is 192 Å². The number of nitrogens with zero attached hydrogens (tertiary/aromatic N) is 1. The van der Waals surface area contributed by atoms with Crippen molar-refractivity contribution in [3.8, 4) is 22.3 Å². The van der Waals surface area contributed by atoms with Crippen molar-refractivity contribution in [2.24, 2.45) is 10.7 Å². The smallest absolute Gasteiger partial charge is 0.132 e. The Hall–Kier alpha value is -6.14. The zero-order valence-corrected chi connectivity index (χ0v) is 29.3. The monoisotopic (exact) mass is 675 g/mol. The van der Waals surface area contributed by atoms with Crippen LogP contribution in [0.1, 0.15) is 54.5 Å². The largest absolute Gasteiger partial charge is 0.350 e. The first-order chi connectivity index (χ1) is 25.4. The Morgan fingerprint density at radius 3 is 1.92 bits per heavy atom. The highest BCUT2D eigenvalue weighted by Crippen LogP contribution is 2.35. The van der Waals surface area contributed by atoms with Crippen molar-refractivity contribution in [2.45, 2.75) is 32.2 Å². The molecule has 3 atom stereocenters. The highest BCUT2D eigenvalue weighted by Gasteiger charge is 2.27. The molecule has 0 aromatic heterocycles. The molecule has 7 aromatic rings. The normalized spacial score (nSPS) is 16.7. The summed E-state index contributed by atoms with van der Waals surface area (Å²) < 4.78 is 0. The van der Waals surface area contributed by atoms with Gasteiger partial charge in [0.05, 0.1) is 6.04 Å². The van der Waals surface area contributed by atoms with Crippen molar-refractivity contribution in [1.29, 1.82) is 5.41 Å². The molecule has 52 heavy (non-hydrogen) atoms. The van der Waals surface area contributed by atoms with Crippen LogP contribution in [0.4, 0.5) is 0 Å². The Kier molecular flexibility index (Phi) is 9.04. The number of nitrogens with one attached hydrogen (secondary N) is 3. The molecule has 1 aliphatic rings. The second kappa shape index (κ2) is 14.2. The van der Waals surface area contributed by atoms with Gasteiger partial charge in [-0.15, -0.1) is 0 Å². The molecule has 254 valence electrons. The second-order valence-corrected chi connectivity index (χ2v) is 13.6. The molecule has 1 heterocycles. The van der Waals surface area contributed by atoms with Gasteiger partial charge in [-0.25, -0.2) is 4.99 Å². The Morgan fingerprint density at radius 1 is 0.635 bits per heavy atom. The summed E-state index contributed by atoms with van der Waals surface area (Å²) in [6, 6.07) is 55.5. The predicted octanol–water partition coefficient (Wildman–Crippen LogP) is 10.6. The standard InChI is InChI=1S/C47H41N5/c1-30(25-31(2)48)44(49)34-23-21-33(22-24-34)38-26-37(32-13-5-3-6-14-32)27-39(28-38)46-50-45(35-15-7-4-8-16-35)51-47(52-46)43-29-36-17-9-10-18-40(36)41-19-11-12-20-42(41)43/h3-29,44-46,48,50H,49H2,1-2H3,(H,51,52)/b30-25-,48-31?/t44-,45?,46?/m1/s1. The van der Waals surface area contributed by atoms with E-state index in [1.807, 2.05) is 19.1 Å². The van der Waals surface area contributed by atoms with E-state index in [1.165, 1.54) is 16.2 Å². The first-order valence-electron chi connectivity index (χ1n) is 17.8. The van der Waals surface area contributed by atoms with Gasteiger partial charge in [0, 0.05) is 11.3 Å². The number of nitrogens with two attached hydrogens (primary N) is 1. The maximum Gasteiger partial charge on any atom is 0.132 e. The zero-order valence-electron chi connectivity index (χ0n) is 29.3. The molecule has 0 radical (unpaired) electrons. The van der Waals surface area contributed by atoms with Gasteiger partial charge in [0.25, 0.3) is 0 Å². The quantitative estimate of drug-likeness (QED) is 0.0955. The molecule has 0 saturated carbocycles. The molecule has 7 aromatic carbocycles. The van der Waals surface area contributed by atoms with Gasteiger partial charge >= 0.3 is 0 Å². The Balaban J connectivity index is 1.25. The fraction of sp³-hybridized carbons (Fsp3) is 0.106. The van der Waals surface area contributed by atoms with Gasteiger partial charge in [0.1, 0.15) is 18.2 Å². The van der Waals surface area contributed by atoms with Crippen LogP contribution in [0.25, 0.3) is 43.8 Å². The lowest BCUT2D eigenvalue weighted by Gasteiger charge is -2.33. The molecule has 0 aliphatic carbocycles. The molecule has 8 rings (SSSR count). The Labute approximate surface area is 305 Å². The van der Waals surface area contributed by atoms with Crippen molar-refractivity contribution in [1.82, 2.24) is 10.6 Å². The summed E-state index contributed by atoms with van der Waals surface area (Å²) in [7, 11) is 0. The Bertz CT molecular complexity index is 2460. The number of aliphatic imine (C=N–C) groups is 1. The molecule has 5 N–H and O–H groups in total. The molecule has 0 fully saturated rings. The summed E-state index contributed by atoms with van der Waals surface area (Å²) >= 11 is 0. The summed E-state index contributed by atoms with van der Waals surface area (Å²) in [6.07, 6.45) is 1.33. The van der Waals surface area contributed by atoms with E-state index < -0.39 is 0 Å². The van der Waals surface area contributed by atoms with Crippen LogP contribution < -0.4 is 16.4 Å². The van der Waals surface area contributed by atoms with E-state index in [0.29, 0.717) is 5.71 Å². The van der Waals surface area contributed by atoms with Gasteiger partial charge in [-0.1, -0.05) is 139 Å². The van der Waals surface area contributed by atoms with Crippen LogP contribution in [0.2, 0.25) is 0 Å².